The van der Waals surface area contributed by atoms with E-state index in [1.807, 2.05) is 0 Å². The van der Waals surface area contributed by atoms with E-state index < -0.39 is 0 Å². The molecule has 0 aliphatic heterocycles. The Morgan fingerprint density at radius 2 is 0.950 bits per heavy atom. The monoisotopic (exact) mass is 264 g/mol. The number of hydrogen-bond donors (Lipinski definition) is 0. The van der Waals surface area contributed by atoms with Gasteiger partial charge in [0.15, 0.2) is 0 Å². The third-order valence-corrected chi connectivity index (χ3v) is 12.6. The van der Waals surface area contributed by atoms with Gasteiger partial charge in [0.05, 0.1) is 0 Å². The molecule has 4 spiro atoms. The quantitative estimate of drug-likeness (QED) is 0.618. The number of fused-ring (bicyclic) bond motifs is 6. The van der Waals surface area contributed by atoms with Gasteiger partial charge in [-0.1, -0.05) is 0 Å². The number of hydrogen-bond acceptors (Lipinski definition) is 0. The zero-order valence-electron chi connectivity index (χ0n) is 12.3. The lowest BCUT2D eigenvalue weighted by molar-refractivity contribution is -0.709. The Morgan fingerprint density at radius 1 is 0.500 bits per heavy atom. The van der Waals surface area contributed by atoms with Crippen LogP contribution in [0.5, 0.6) is 0 Å². The summed E-state index contributed by atoms with van der Waals surface area (Å²) in [6.07, 6.45) is 13.6. The molecule has 4 bridgehead atoms. The van der Waals surface area contributed by atoms with Gasteiger partial charge in [-0.05, 0) is 120 Å². The van der Waals surface area contributed by atoms with Gasteiger partial charge in [-0.3, -0.25) is 0 Å². The maximum Gasteiger partial charge on any atom is -0.0102 e. The predicted octanol–water partition coefficient (Wildman–Crippen LogP) is 4.10. The standard InChI is InChI=1S/C20H24/c1-3-11-13-5-15-16-6-14-12-4-2-10-8-18(12)17(11,7-9(1)10)19(13,15)20(14,16)18/h9-16H,1-8H2. The first-order valence-electron chi connectivity index (χ1n) is 9.85. The van der Waals surface area contributed by atoms with Crippen molar-refractivity contribution in [3.05, 3.63) is 0 Å². The first-order valence-corrected chi connectivity index (χ1v) is 9.85. The second kappa shape index (κ2) is 1.96. The summed E-state index contributed by atoms with van der Waals surface area (Å²) in [4.78, 5) is 0. The van der Waals surface area contributed by atoms with Gasteiger partial charge in [0.1, 0.15) is 0 Å². The Kier molecular flexibility index (Phi) is 0.904. The summed E-state index contributed by atoms with van der Waals surface area (Å²) in [7, 11) is 0. The molecule has 9 aliphatic carbocycles. The first-order chi connectivity index (χ1) is 9.85. The van der Waals surface area contributed by atoms with Gasteiger partial charge >= 0.3 is 0 Å². The Bertz CT molecular complexity index is 590. The highest BCUT2D eigenvalue weighted by Gasteiger charge is 3.14. The zero-order valence-corrected chi connectivity index (χ0v) is 12.3. The molecule has 0 heteroatoms. The summed E-state index contributed by atoms with van der Waals surface area (Å²) >= 11 is 0. The molecule has 9 aliphatic rings. The lowest BCUT2D eigenvalue weighted by atomic mass is 8.86. The molecule has 9 fully saturated rings. The third kappa shape index (κ3) is 0.387. The summed E-state index contributed by atoms with van der Waals surface area (Å²) in [5.74, 6) is 10.0. The Hall–Kier alpha value is 0. The van der Waals surface area contributed by atoms with Gasteiger partial charge in [-0.15, -0.1) is 0 Å². The first kappa shape index (κ1) is 9.21. The smallest absolute Gasteiger partial charge is 0.0102 e. The van der Waals surface area contributed by atoms with Crippen molar-refractivity contribution in [1.82, 2.24) is 0 Å². The molecule has 9 rings (SSSR count). The van der Waals surface area contributed by atoms with E-state index in [1.165, 1.54) is 47.3 Å². The van der Waals surface area contributed by atoms with Crippen LogP contribution in [0.1, 0.15) is 51.4 Å². The molecule has 0 aromatic carbocycles. The molecule has 0 saturated heterocycles. The van der Waals surface area contributed by atoms with E-state index in [-0.39, 0.29) is 0 Å². The Morgan fingerprint density at radius 3 is 1.45 bits per heavy atom. The van der Waals surface area contributed by atoms with Gasteiger partial charge in [-0.2, -0.15) is 0 Å². The van der Waals surface area contributed by atoms with Crippen LogP contribution in [0.15, 0.2) is 0 Å². The Balaban J connectivity index is 1.42. The van der Waals surface area contributed by atoms with Gasteiger partial charge in [0.2, 0.25) is 0 Å². The van der Waals surface area contributed by atoms with Crippen molar-refractivity contribution in [2.45, 2.75) is 51.4 Å². The van der Waals surface area contributed by atoms with E-state index in [4.69, 9.17) is 0 Å². The molecule has 0 heterocycles. The van der Waals surface area contributed by atoms with Crippen LogP contribution < -0.4 is 0 Å². The Labute approximate surface area is 121 Å². The highest BCUT2D eigenvalue weighted by atomic mass is 15.2. The lowest BCUT2D eigenvalue weighted by Gasteiger charge is -3.17. The van der Waals surface area contributed by atoms with Crippen molar-refractivity contribution in [2.75, 3.05) is 0 Å². The van der Waals surface area contributed by atoms with Gasteiger partial charge in [-0.25, -0.2) is 0 Å². The lowest BCUT2D eigenvalue weighted by Crippen LogP contribution is -3.13. The minimum atomic E-state index is 0.992. The van der Waals surface area contributed by atoms with Crippen molar-refractivity contribution in [2.24, 2.45) is 69.0 Å². The van der Waals surface area contributed by atoms with Gasteiger partial charge < -0.3 is 0 Å². The van der Waals surface area contributed by atoms with Crippen molar-refractivity contribution < 1.29 is 0 Å². The highest BCUT2D eigenvalue weighted by Crippen LogP contribution is 3.18. The average molecular weight is 264 g/mol. The molecular weight excluding hydrogens is 240 g/mol. The summed E-state index contributed by atoms with van der Waals surface area (Å²) < 4.78 is 0. The molecule has 0 nitrogen and oxygen atoms in total. The zero-order chi connectivity index (χ0) is 12.3. The van der Waals surface area contributed by atoms with Crippen LogP contribution in [0.4, 0.5) is 0 Å². The summed E-state index contributed by atoms with van der Waals surface area (Å²) in [5, 5.41) is 0. The molecule has 0 radical (unpaired) electrons. The molecule has 9 saturated carbocycles. The van der Waals surface area contributed by atoms with E-state index in [1.54, 1.807) is 51.4 Å². The van der Waals surface area contributed by atoms with Crippen LogP contribution in [0.2, 0.25) is 0 Å². The largest absolute Gasteiger partial charge is 0.0499 e. The van der Waals surface area contributed by atoms with E-state index in [0.29, 0.717) is 0 Å². The normalized spacial score (nSPS) is 91.2. The minimum absolute atomic E-state index is 0.992. The van der Waals surface area contributed by atoms with Crippen molar-refractivity contribution >= 4 is 0 Å². The van der Waals surface area contributed by atoms with Crippen molar-refractivity contribution in [3.8, 4) is 0 Å². The van der Waals surface area contributed by atoms with Crippen molar-refractivity contribution in [3.63, 3.8) is 0 Å². The van der Waals surface area contributed by atoms with Crippen LogP contribution in [0.3, 0.4) is 0 Å². The molecule has 104 valence electrons. The topological polar surface area (TPSA) is 0 Å². The fourth-order valence-corrected chi connectivity index (χ4v) is 13.6. The third-order valence-electron chi connectivity index (χ3n) is 12.6. The maximum atomic E-state index is 1.76. The molecule has 0 amide bonds. The molecule has 12 atom stereocenters. The van der Waals surface area contributed by atoms with Crippen LogP contribution in [-0.4, -0.2) is 0 Å². The van der Waals surface area contributed by atoms with E-state index in [2.05, 4.69) is 0 Å². The summed E-state index contributed by atoms with van der Waals surface area (Å²) in [6.45, 7) is 0. The highest BCUT2D eigenvalue weighted by molar-refractivity contribution is 5.60. The number of rotatable bonds is 0. The molecule has 0 aromatic rings. The SMILES string of the molecule is C1CC2C3CC4C5CC6C7CCC8CC79C2(CC18)C34C659. The van der Waals surface area contributed by atoms with Crippen LogP contribution >= 0.6 is 0 Å². The van der Waals surface area contributed by atoms with Gasteiger partial charge in [0, 0.05) is 0 Å². The molecule has 0 N–H and O–H groups in total. The summed E-state index contributed by atoms with van der Waals surface area (Å²) in [6, 6.07) is 0. The van der Waals surface area contributed by atoms with Crippen LogP contribution in [-0.2, 0) is 0 Å². The molecule has 0 aromatic heterocycles. The van der Waals surface area contributed by atoms with E-state index in [9.17, 15) is 0 Å². The molecular formula is C20H24. The fourth-order valence-electron chi connectivity index (χ4n) is 13.6. The van der Waals surface area contributed by atoms with E-state index >= 15 is 0 Å². The van der Waals surface area contributed by atoms with E-state index in [0.717, 1.165) is 21.7 Å². The molecule has 20 heavy (non-hydrogen) atoms. The van der Waals surface area contributed by atoms with Crippen LogP contribution in [0.25, 0.3) is 0 Å². The summed E-state index contributed by atoms with van der Waals surface area (Å²) in [5.41, 5.74) is 4.06. The average Bonchev–Trinajstić information content (AvgIpc) is 2.44. The second-order valence-electron chi connectivity index (χ2n) is 10.9. The molecule has 12 unspecified atom stereocenters. The minimum Gasteiger partial charge on any atom is -0.0499 e. The van der Waals surface area contributed by atoms with Crippen molar-refractivity contribution in [1.29, 1.82) is 0 Å². The maximum absolute atomic E-state index is 1.76. The van der Waals surface area contributed by atoms with Gasteiger partial charge in [0.25, 0.3) is 0 Å². The van der Waals surface area contributed by atoms with Crippen LogP contribution in [0, 0.1) is 69.0 Å². The predicted molar refractivity (Wildman–Crippen MR) is 74.6 cm³/mol. The fraction of sp³-hybridized carbons (Fsp3) is 1.00. The second-order valence-corrected chi connectivity index (χ2v) is 10.9.